The Morgan fingerprint density at radius 2 is 1.56 bits per heavy atom. The van der Waals surface area contributed by atoms with Gasteiger partial charge in [0.05, 0.1) is 17.3 Å². The SMILES string of the molecule is CCCC(C)(C)OC(C)CC(C)(C)OCC. The zero-order chi connectivity index (χ0) is 12.8. The maximum Gasteiger partial charge on any atom is 0.0650 e. The number of ether oxygens (including phenoxy) is 2. The predicted octanol–water partition coefficient (Wildman–Crippen LogP) is 4.18. The molecule has 2 heteroatoms. The summed E-state index contributed by atoms with van der Waals surface area (Å²) < 4.78 is 11.8. The summed E-state index contributed by atoms with van der Waals surface area (Å²) in [7, 11) is 0. The molecule has 0 aromatic carbocycles. The minimum atomic E-state index is -0.0868. The Hall–Kier alpha value is -0.0800. The quantitative estimate of drug-likeness (QED) is 0.623. The van der Waals surface area contributed by atoms with Gasteiger partial charge in [-0.3, -0.25) is 0 Å². The number of hydrogen-bond donors (Lipinski definition) is 0. The Balaban J connectivity index is 4.11. The lowest BCUT2D eigenvalue weighted by Gasteiger charge is -2.33. The molecule has 0 spiro atoms. The summed E-state index contributed by atoms with van der Waals surface area (Å²) in [6, 6.07) is 0. The standard InChI is InChI=1S/C14H30O2/c1-8-10-13(4,5)16-12(3)11-14(6,7)15-9-2/h12H,8-11H2,1-7H3. The van der Waals surface area contributed by atoms with Gasteiger partial charge in [-0.1, -0.05) is 13.3 Å². The van der Waals surface area contributed by atoms with Crippen molar-refractivity contribution in [1.82, 2.24) is 0 Å². The summed E-state index contributed by atoms with van der Waals surface area (Å²) in [5, 5.41) is 0. The lowest BCUT2D eigenvalue weighted by Crippen LogP contribution is -2.35. The van der Waals surface area contributed by atoms with Gasteiger partial charge in [0.1, 0.15) is 0 Å². The van der Waals surface area contributed by atoms with Gasteiger partial charge in [-0.05, 0) is 48.0 Å². The first-order valence-electron chi connectivity index (χ1n) is 6.54. The van der Waals surface area contributed by atoms with Crippen molar-refractivity contribution in [3.8, 4) is 0 Å². The normalized spacial score (nSPS) is 15.2. The van der Waals surface area contributed by atoms with Gasteiger partial charge in [-0.25, -0.2) is 0 Å². The van der Waals surface area contributed by atoms with Crippen LogP contribution in [0.15, 0.2) is 0 Å². The van der Waals surface area contributed by atoms with E-state index in [4.69, 9.17) is 9.47 Å². The molecular formula is C14H30O2. The average Bonchev–Trinajstić information content (AvgIpc) is 1.99. The Labute approximate surface area is 102 Å². The molecule has 0 N–H and O–H groups in total. The molecule has 0 saturated heterocycles. The Kier molecular flexibility index (Phi) is 6.57. The van der Waals surface area contributed by atoms with Gasteiger partial charge < -0.3 is 9.47 Å². The van der Waals surface area contributed by atoms with Crippen molar-refractivity contribution in [2.45, 2.75) is 85.0 Å². The summed E-state index contributed by atoms with van der Waals surface area (Å²) >= 11 is 0. The van der Waals surface area contributed by atoms with Crippen LogP contribution in [0.5, 0.6) is 0 Å². The van der Waals surface area contributed by atoms with Gasteiger partial charge in [0.2, 0.25) is 0 Å². The van der Waals surface area contributed by atoms with Crippen molar-refractivity contribution in [2.75, 3.05) is 6.61 Å². The number of hydrogen-bond acceptors (Lipinski definition) is 2. The van der Waals surface area contributed by atoms with Gasteiger partial charge in [0.15, 0.2) is 0 Å². The second-order valence-electron chi connectivity index (χ2n) is 5.83. The minimum Gasteiger partial charge on any atom is -0.376 e. The molecule has 0 fully saturated rings. The highest BCUT2D eigenvalue weighted by atomic mass is 16.5. The van der Waals surface area contributed by atoms with E-state index in [9.17, 15) is 0 Å². The lowest BCUT2D eigenvalue weighted by molar-refractivity contribution is -0.109. The molecule has 2 nitrogen and oxygen atoms in total. The average molecular weight is 230 g/mol. The second kappa shape index (κ2) is 6.61. The first-order chi connectivity index (χ1) is 7.22. The van der Waals surface area contributed by atoms with E-state index < -0.39 is 0 Å². The molecule has 0 aliphatic heterocycles. The van der Waals surface area contributed by atoms with E-state index in [1.165, 1.54) is 0 Å². The van der Waals surface area contributed by atoms with Crippen molar-refractivity contribution in [3.05, 3.63) is 0 Å². The molecule has 1 unspecified atom stereocenters. The molecule has 16 heavy (non-hydrogen) atoms. The topological polar surface area (TPSA) is 18.5 Å². The van der Waals surface area contributed by atoms with Gasteiger partial charge in [-0.2, -0.15) is 0 Å². The molecule has 0 heterocycles. The van der Waals surface area contributed by atoms with Crippen molar-refractivity contribution < 1.29 is 9.47 Å². The van der Waals surface area contributed by atoms with Crippen LogP contribution in [0.3, 0.4) is 0 Å². The monoisotopic (exact) mass is 230 g/mol. The molecule has 1 atom stereocenters. The summed E-state index contributed by atoms with van der Waals surface area (Å²) in [4.78, 5) is 0. The summed E-state index contributed by atoms with van der Waals surface area (Å²) in [6.45, 7) is 15.7. The molecular weight excluding hydrogens is 200 g/mol. The van der Waals surface area contributed by atoms with Crippen molar-refractivity contribution in [2.24, 2.45) is 0 Å². The van der Waals surface area contributed by atoms with Gasteiger partial charge in [-0.15, -0.1) is 0 Å². The van der Waals surface area contributed by atoms with Crippen molar-refractivity contribution >= 4 is 0 Å². The van der Waals surface area contributed by atoms with E-state index in [0.717, 1.165) is 25.9 Å². The molecule has 0 rings (SSSR count). The molecule has 0 saturated carbocycles. The summed E-state index contributed by atoms with van der Waals surface area (Å²) in [6.07, 6.45) is 3.44. The highest BCUT2D eigenvalue weighted by Crippen LogP contribution is 2.24. The van der Waals surface area contributed by atoms with Crippen LogP contribution < -0.4 is 0 Å². The van der Waals surface area contributed by atoms with Crippen LogP contribution in [0, 0.1) is 0 Å². The highest BCUT2D eigenvalue weighted by molar-refractivity contribution is 4.76. The molecule has 0 radical (unpaired) electrons. The van der Waals surface area contributed by atoms with E-state index in [-0.39, 0.29) is 17.3 Å². The van der Waals surface area contributed by atoms with Crippen LogP contribution >= 0.6 is 0 Å². The van der Waals surface area contributed by atoms with Crippen LogP contribution in [0.4, 0.5) is 0 Å². The van der Waals surface area contributed by atoms with Crippen molar-refractivity contribution in [3.63, 3.8) is 0 Å². The van der Waals surface area contributed by atoms with Crippen LogP contribution in [0.2, 0.25) is 0 Å². The molecule has 0 aromatic rings. The molecule has 0 aromatic heterocycles. The third kappa shape index (κ3) is 7.24. The third-order valence-electron chi connectivity index (χ3n) is 2.69. The van der Waals surface area contributed by atoms with Crippen LogP contribution in [0.25, 0.3) is 0 Å². The smallest absolute Gasteiger partial charge is 0.0650 e. The van der Waals surface area contributed by atoms with Crippen molar-refractivity contribution in [1.29, 1.82) is 0 Å². The second-order valence-corrected chi connectivity index (χ2v) is 5.83. The first kappa shape index (κ1) is 15.9. The molecule has 0 aliphatic rings. The van der Waals surface area contributed by atoms with Crippen LogP contribution in [-0.2, 0) is 9.47 Å². The lowest BCUT2D eigenvalue weighted by atomic mass is 9.99. The maximum absolute atomic E-state index is 6.08. The zero-order valence-electron chi connectivity index (χ0n) is 12.2. The largest absolute Gasteiger partial charge is 0.376 e. The maximum atomic E-state index is 6.08. The zero-order valence-corrected chi connectivity index (χ0v) is 12.2. The predicted molar refractivity (Wildman–Crippen MR) is 69.9 cm³/mol. The third-order valence-corrected chi connectivity index (χ3v) is 2.69. The number of rotatable bonds is 8. The Morgan fingerprint density at radius 3 is 2.00 bits per heavy atom. The Bertz CT molecular complexity index is 165. The fourth-order valence-corrected chi connectivity index (χ4v) is 2.39. The van der Waals surface area contributed by atoms with Gasteiger partial charge >= 0.3 is 0 Å². The first-order valence-corrected chi connectivity index (χ1v) is 6.54. The van der Waals surface area contributed by atoms with Gasteiger partial charge in [0, 0.05) is 13.0 Å². The highest BCUT2D eigenvalue weighted by Gasteiger charge is 2.26. The molecule has 0 amide bonds. The molecule has 0 aliphatic carbocycles. The minimum absolute atomic E-state index is 0.0174. The molecule has 0 bridgehead atoms. The van der Waals surface area contributed by atoms with E-state index >= 15 is 0 Å². The molecule has 98 valence electrons. The fraction of sp³-hybridized carbons (Fsp3) is 1.00. The summed E-state index contributed by atoms with van der Waals surface area (Å²) in [5.74, 6) is 0. The van der Waals surface area contributed by atoms with Gasteiger partial charge in [0.25, 0.3) is 0 Å². The van der Waals surface area contributed by atoms with E-state index in [0.29, 0.717) is 0 Å². The summed E-state index contributed by atoms with van der Waals surface area (Å²) in [5.41, 5.74) is -0.104. The Morgan fingerprint density at radius 1 is 1.00 bits per heavy atom. The van der Waals surface area contributed by atoms with E-state index in [2.05, 4.69) is 41.5 Å². The fourth-order valence-electron chi connectivity index (χ4n) is 2.39. The van der Waals surface area contributed by atoms with E-state index in [1.54, 1.807) is 0 Å². The van der Waals surface area contributed by atoms with Crippen LogP contribution in [-0.4, -0.2) is 23.9 Å². The van der Waals surface area contributed by atoms with E-state index in [1.807, 2.05) is 6.92 Å². The van der Waals surface area contributed by atoms with Crippen LogP contribution in [0.1, 0.15) is 67.7 Å².